The molecule has 94 valence electrons. The molecule has 1 aromatic carbocycles. The van der Waals surface area contributed by atoms with Crippen molar-refractivity contribution in [3.8, 4) is 5.75 Å². The van der Waals surface area contributed by atoms with E-state index in [9.17, 15) is 5.11 Å². The second-order valence-corrected chi connectivity index (χ2v) is 4.74. The van der Waals surface area contributed by atoms with E-state index in [0.717, 1.165) is 22.6 Å². The minimum Gasteiger partial charge on any atom is -0.485 e. The molecular weight excluding hydrogens is 228 g/mol. The van der Waals surface area contributed by atoms with Crippen LogP contribution >= 0.6 is 0 Å². The molecule has 1 N–H and O–H groups in total. The molecule has 0 saturated carbocycles. The fourth-order valence-electron chi connectivity index (χ4n) is 2.52. The number of aryl methyl sites for hydroxylation is 2. The second-order valence-electron chi connectivity index (χ2n) is 4.74. The minimum absolute atomic E-state index is 0.122. The Morgan fingerprint density at radius 2 is 2.11 bits per heavy atom. The third kappa shape index (κ3) is 1.78. The first-order valence-corrected chi connectivity index (χ1v) is 6.09. The van der Waals surface area contributed by atoms with Gasteiger partial charge in [0.1, 0.15) is 11.9 Å². The number of aliphatic hydroxyl groups is 1. The highest BCUT2D eigenvalue weighted by molar-refractivity contribution is 5.38. The van der Waals surface area contributed by atoms with Crippen molar-refractivity contribution in [3.05, 3.63) is 47.3 Å². The van der Waals surface area contributed by atoms with Crippen LogP contribution in [0.1, 0.15) is 35.4 Å². The zero-order valence-corrected chi connectivity index (χ0v) is 10.5. The number of nitrogens with zero attached hydrogens (tertiary/aromatic N) is 2. The number of benzene rings is 1. The lowest BCUT2D eigenvalue weighted by Gasteiger charge is -2.29. The Labute approximate surface area is 106 Å². The molecule has 2 atom stereocenters. The monoisotopic (exact) mass is 244 g/mol. The molecule has 2 heterocycles. The number of hydrogen-bond donors (Lipinski definition) is 1. The van der Waals surface area contributed by atoms with Crippen LogP contribution in [0.15, 0.2) is 30.5 Å². The number of hydrogen-bond acceptors (Lipinski definition) is 3. The summed E-state index contributed by atoms with van der Waals surface area (Å²) >= 11 is 0. The first-order valence-electron chi connectivity index (χ1n) is 6.09. The van der Waals surface area contributed by atoms with Crippen molar-refractivity contribution in [1.82, 2.24) is 9.78 Å². The quantitative estimate of drug-likeness (QED) is 0.837. The zero-order valence-electron chi connectivity index (χ0n) is 10.5. The molecule has 0 amide bonds. The number of aliphatic hydroxyl groups excluding tert-OH is 1. The van der Waals surface area contributed by atoms with E-state index in [1.807, 2.05) is 44.4 Å². The Balaban J connectivity index is 1.97. The van der Waals surface area contributed by atoms with Gasteiger partial charge in [0.15, 0.2) is 0 Å². The molecule has 1 aromatic heterocycles. The summed E-state index contributed by atoms with van der Waals surface area (Å²) < 4.78 is 7.75. The lowest BCUT2D eigenvalue weighted by Crippen LogP contribution is -2.19. The van der Waals surface area contributed by atoms with Gasteiger partial charge in [-0.1, -0.05) is 18.2 Å². The van der Waals surface area contributed by atoms with E-state index in [0.29, 0.717) is 6.42 Å². The predicted molar refractivity (Wildman–Crippen MR) is 67.3 cm³/mol. The number of rotatable bonds is 1. The third-order valence-electron chi connectivity index (χ3n) is 3.38. The fourth-order valence-corrected chi connectivity index (χ4v) is 2.52. The summed E-state index contributed by atoms with van der Waals surface area (Å²) in [7, 11) is 1.89. The lowest BCUT2D eigenvalue weighted by molar-refractivity contribution is 0.0654. The van der Waals surface area contributed by atoms with Crippen molar-refractivity contribution in [2.75, 3.05) is 0 Å². The number of fused-ring (bicyclic) bond motifs is 1. The summed E-state index contributed by atoms with van der Waals surface area (Å²) in [5.74, 6) is 0.768. The van der Waals surface area contributed by atoms with Crippen molar-refractivity contribution < 1.29 is 9.84 Å². The van der Waals surface area contributed by atoms with Gasteiger partial charge >= 0.3 is 0 Å². The zero-order chi connectivity index (χ0) is 12.7. The Kier molecular flexibility index (Phi) is 2.59. The average Bonchev–Trinajstić information content (AvgIpc) is 2.68. The Bertz CT molecular complexity index is 577. The van der Waals surface area contributed by atoms with Gasteiger partial charge < -0.3 is 9.84 Å². The highest BCUT2D eigenvalue weighted by Gasteiger charge is 2.29. The summed E-state index contributed by atoms with van der Waals surface area (Å²) in [5.41, 5.74) is 2.87. The average molecular weight is 244 g/mol. The van der Waals surface area contributed by atoms with Gasteiger partial charge in [-0.15, -0.1) is 0 Å². The molecule has 1 aliphatic heterocycles. The molecule has 0 saturated heterocycles. The molecule has 0 radical (unpaired) electrons. The Morgan fingerprint density at radius 3 is 2.83 bits per heavy atom. The molecule has 1 aliphatic rings. The van der Waals surface area contributed by atoms with E-state index in [1.54, 1.807) is 4.68 Å². The van der Waals surface area contributed by atoms with Crippen LogP contribution in [0.3, 0.4) is 0 Å². The van der Waals surface area contributed by atoms with Gasteiger partial charge in [0.25, 0.3) is 0 Å². The number of para-hydroxylation sites is 1. The van der Waals surface area contributed by atoms with Gasteiger partial charge in [-0.2, -0.15) is 5.10 Å². The summed E-state index contributed by atoms with van der Waals surface area (Å²) in [5, 5.41) is 14.5. The summed E-state index contributed by atoms with van der Waals surface area (Å²) in [4.78, 5) is 0. The van der Waals surface area contributed by atoms with Crippen molar-refractivity contribution in [2.24, 2.45) is 7.05 Å². The van der Waals surface area contributed by atoms with E-state index in [4.69, 9.17) is 4.74 Å². The minimum atomic E-state index is -0.473. The summed E-state index contributed by atoms with van der Waals surface area (Å²) in [6.45, 7) is 1.96. The van der Waals surface area contributed by atoms with Crippen LogP contribution in [-0.2, 0) is 7.05 Å². The van der Waals surface area contributed by atoms with Crippen LogP contribution in [0, 0.1) is 6.92 Å². The van der Waals surface area contributed by atoms with Gasteiger partial charge in [0.05, 0.1) is 11.8 Å². The van der Waals surface area contributed by atoms with Gasteiger partial charge in [0.2, 0.25) is 0 Å². The van der Waals surface area contributed by atoms with E-state index in [1.165, 1.54) is 0 Å². The van der Waals surface area contributed by atoms with Crippen LogP contribution in [0.2, 0.25) is 0 Å². The molecule has 4 heteroatoms. The van der Waals surface area contributed by atoms with Crippen LogP contribution in [-0.4, -0.2) is 14.9 Å². The van der Waals surface area contributed by atoms with Gasteiger partial charge in [-0.3, -0.25) is 4.68 Å². The Morgan fingerprint density at radius 1 is 1.33 bits per heavy atom. The molecule has 0 fully saturated rings. The molecular formula is C14H16N2O2. The first kappa shape index (κ1) is 11.3. The molecule has 4 nitrogen and oxygen atoms in total. The van der Waals surface area contributed by atoms with Crippen molar-refractivity contribution in [1.29, 1.82) is 0 Å². The molecule has 3 rings (SSSR count). The van der Waals surface area contributed by atoms with Gasteiger partial charge in [-0.25, -0.2) is 0 Å². The molecule has 0 bridgehead atoms. The SMILES string of the molecule is Cc1nn(C)cc1C1CC(O)c2ccccc2O1. The summed E-state index contributed by atoms with van der Waals surface area (Å²) in [6, 6.07) is 7.65. The van der Waals surface area contributed by atoms with Crippen molar-refractivity contribution >= 4 is 0 Å². The molecule has 0 aliphatic carbocycles. The number of ether oxygens (including phenoxy) is 1. The van der Waals surface area contributed by atoms with E-state index in [2.05, 4.69) is 5.10 Å². The maximum atomic E-state index is 10.2. The molecule has 0 spiro atoms. The summed E-state index contributed by atoms with van der Waals surface area (Å²) in [6.07, 6.45) is 1.94. The topological polar surface area (TPSA) is 47.3 Å². The fraction of sp³-hybridized carbons (Fsp3) is 0.357. The van der Waals surface area contributed by atoms with Gasteiger partial charge in [0, 0.05) is 30.8 Å². The van der Waals surface area contributed by atoms with Gasteiger partial charge in [-0.05, 0) is 13.0 Å². The second kappa shape index (κ2) is 4.14. The smallest absolute Gasteiger partial charge is 0.130 e. The molecule has 2 aromatic rings. The Hall–Kier alpha value is -1.81. The number of aromatic nitrogens is 2. The highest BCUT2D eigenvalue weighted by Crippen LogP contribution is 2.40. The normalized spacial score (nSPS) is 22.4. The van der Waals surface area contributed by atoms with E-state index < -0.39 is 6.10 Å². The largest absolute Gasteiger partial charge is 0.485 e. The van der Waals surface area contributed by atoms with Crippen LogP contribution < -0.4 is 4.74 Å². The highest BCUT2D eigenvalue weighted by atomic mass is 16.5. The van der Waals surface area contributed by atoms with Crippen LogP contribution in [0.25, 0.3) is 0 Å². The maximum Gasteiger partial charge on any atom is 0.130 e. The maximum absolute atomic E-state index is 10.2. The van der Waals surface area contributed by atoms with Crippen molar-refractivity contribution in [2.45, 2.75) is 25.6 Å². The molecule has 2 unspecified atom stereocenters. The van der Waals surface area contributed by atoms with E-state index in [-0.39, 0.29) is 6.10 Å². The predicted octanol–water partition coefficient (Wildman–Crippen LogP) is 2.29. The molecule has 18 heavy (non-hydrogen) atoms. The van der Waals surface area contributed by atoms with Crippen LogP contribution in [0.5, 0.6) is 5.75 Å². The standard InChI is InChI=1S/C14H16N2O2/c1-9-11(8-16(2)15-9)14-7-12(17)10-5-3-4-6-13(10)18-14/h3-6,8,12,14,17H,7H2,1-2H3. The lowest BCUT2D eigenvalue weighted by atomic mass is 9.95. The van der Waals surface area contributed by atoms with E-state index >= 15 is 0 Å². The first-order chi connectivity index (χ1) is 8.65. The van der Waals surface area contributed by atoms with Crippen LogP contribution in [0.4, 0.5) is 0 Å². The van der Waals surface area contributed by atoms with Crippen molar-refractivity contribution in [3.63, 3.8) is 0 Å². The third-order valence-corrected chi connectivity index (χ3v) is 3.38.